The second-order valence-electron chi connectivity index (χ2n) is 6.29. The molecule has 1 fully saturated rings. The first-order valence-electron chi connectivity index (χ1n) is 8.21. The van der Waals surface area contributed by atoms with Gasteiger partial charge in [0.15, 0.2) is 0 Å². The van der Waals surface area contributed by atoms with E-state index in [2.05, 4.69) is 10.4 Å². The summed E-state index contributed by atoms with van der Waals surface area (Å²) in [6.07, 6.45) is 0. The van der Waals surface area contributed by atoms with Gasteiger partial charge in [-0.1, -0.05) is 12.1 Å². The van der Waals surface area contributed by atoms with Crippen LogP contribution in [0.5, 0.6) is 0 Å². The Morgan fingerprint density at radius 2 is 2.12 bits per heavy atom. The molecule has 1 atom stereocenters. The zero-order valence-corrected chi connectivity index (χ0v) is 14.5. The molecule has 0 radical (unpaired) electrons. The van der Waals surface area contributed by atoms with Crippen molar-refractivity contribution < 1.29 is 14.0 Å². The van der Waals surface area contributed by atoms with E-state index >= 15 is 0 Å². The lowest BCUT2D eigenvalue weighted by Crippen LogP contribution is -2.53. The molecule has 2 heterocycles. The first-order valence-corrected chi connectivity index (χ1v) is 8.21. The second-order valence-corrected chi connectivity index (χ2v) is 6.29. The van der Waals surface area contributed by atoms with Gasteiger partial charge >= 0.3 is 0 Å². The van der Waals surface area contributed by atoms with E-state index in [9.17, 15) is 14.0 Å². The lowest BCUT2D eigenvalue weighted by Gasteiger charge is -2.35. The molecule has 1 saturated heterocycles. The minimum Gasteiger partial charge on any atom is -0.352 e. The van der Waals surface area contributed by atoms with Crippen molar-refractivity contribution in [1.82, 2.24) is 20.0 Å². The number of benzene rings is 1. The van der Waals surface area contributed by atoms with Crippen molar-refractivity contribution in [1.29, 1.82) is 0 Å². The van der Waals surface area contributed by atoms with Crippen LogP contribution in [0.1, 0.15) is 28.6 Å². The van der Waals surface area contributed by atoms with Gasteiger partial charge in [0.25, 0.3) is 0 Å². The van der Waals surface area contributed by atoms with Crippen molar-refractivity contribution >= 4 is 11.8 Å². The van der Waals surface area contributed by atoms with E-state index in [0.717, 1.165) is 17.0 Å². The van der Waals surface area contributed by atoms with Crippen LogP contribution in [0, 0.1) is 26.6 Å². The summed E-state index contributed by atoms with van der Waals surface area (Å²) in [5.74, 6) is -0.943. The van der Waals surface area contributed by atoms with Gasteiger partial charge in [-0.15, -0.1) is 0 Å². The Bertz CT molecular complexity index is 830. The van der Waals surface area contributed by atoms with Crippen LogP contribution < -0.4 is 5.32 Å². The predicted octanol–water partition coefficient (Wildman–Crippen LogP) is 1.65. The highest BCUT2D eigenvalue weighted by atomic mass is 19.1. The van der Waals surface area contributed by atoms with Gasteiger partial charge in [-0.2, -0.15) is 5.10 Å². The molecule has 1 N–H and O–H groups in total. The summed E-state index contributed by atoms with van der Waals surface area (Å²) in [6, 6.07) is 4.99. The average molecular weight is 344 g/mol. The topological polar surface area (TPSA) is 67.2 Å². The third kappa shape index (κ3) is 3.26. The number of piperazine rings is 1. The molecular weight excluding hydrogens is 323 g/mol. The van der Waals surface area contributed by atoms with Crippen LogP contribution in [0.3, 0.4) is 0 Å². The largest absolute Gasteiger partial charge is 0.352 e. The standard InChI is InChI=1S/C18H21FN4O2/c1-11-12(2)21-23(13(11)3)10-16(24)22-8-7-20-18(25)17(22)14-5-4-6-15(19)9-14/h4-6,9,17H,7-8,10H2,1-3H3,(H,20,25)/t17-/m1/s1. The highest BCUT2D eigenvalue weighted by Gasteiger charge is 2.34. The van der Waals surface area contributed by atoms with Crippen molar-refractivity contribution in [2.24, 2.45) is 0 Å². The fraction of sp³-hybridized carbons (Fsp3) is 0.389. The van der Waals surface area contributed by atoms with Crippen LogP contribution >= 0.6 is 0 Å². The normalized spacial score (nSPS) is 17.5. The Kier molecular flexibility index (Phi) is 4.57. The number of nitrogens with one attached hydrogen (secondary N) is 1. The molecule has 1 aromatic carbocycles. The minimum absolute atomic E-state index is 0.0552. The van der Waals surface area contributed by atoms with Crippen LogP contribution in [0.2, 0.25) is 0 Å². The fourth-order valence-electron chi connectivity index (χ4n) is 3.10. The quantitative estimate of drug-likeness (QED) is 0.921. The summed E-state index contributed by atoms with van der Waals surface area (Å²) in [5, 5.41) is 7.13. The molecule has 2 amide bonds. The number of halogens is 1. The molecule has 0 aliphatic carbocycles. The number of nitrogens with zero attached hydrogens (tertiary/aromatic N) is 3. The molecule has 0 unspecified atom stereocenters. The molecule has 1 aliphatic rings. The van der Waals surface area contributed by atoms with E-state index < -0.39 is 11.9 Å². The summed E-state index contributed by atoms with van der Waals surface area (Å²) in [5.41, 5.74) is 3.32. The number of rotatable bonds is 3. The third-order valence-corrected chi connectivity index (χ3v) is 4.73. The van der Waals surface area contributed by atoms with E-state index in [-0.39, 0.29) is 18.4 Å². The van der Waals surface area contributed by atoms with Gasteiger partial charge in [0.2, 0.25) is 11.8 Å². The van der Waals surface area contributed by atoms with Gasteiger partial charge in [-0.05, 0) is 44.0 Å². The molecule has 6 nitrogen and oxygen atoms in total. The van der Waals surface area contributed by atoms with Crippen LogP contribution in [0.25, 0.3) is 0 Å². The smallest absolute Gasteiger partial charge is 0.247 e. The average Bonchev–Trinajstić information content (AvgIpc) is 2.81. The maximum Gasteiger partial charge on any atom is 0.247 e. The molecule has 1 aromatic heterocycles. The highest BCUT2D eigenvalue weighted by molar-refractivity contribution is 5.89. The molecule has 0 spiro atoms. The molecule has 3 rings (SSSR count). The number of aryl methyl sites for hydroxylation is 1. The van der Waals surface area contributed by atoms with Gasteiger partial charge in [0.1, 0.15) is 18.4 Å². The zero-order chi connectivity index (χ0) is 18.1. The maximum absolute atomic E-state index is 13.6. The first kappa shape index (κ1) is 17.1. The molecule has 25 heavy (non-hydrogen) atoms. The Morgan fingerprint density at radius 1 is 1.36 bits per heavy atom. The second kappa shape index (κ2) is 6.66. The predicted molar refractivity (Wildman–Crippen MR) is 90.3 cm³/mol. The number of aromatic nitrogens is 2. The minimum atomic E-state index is -0.824. The number of hydrogen-bond donors (Lipinski definition) is 1. The molecule has 1 aliphatic heterocycles. The van der Waals surface area contributed by atoms with Crippen LogP contribution in [0.15, 0.2) is 24.3 Å². The molecule has 7 heteroatoms. The van der Waals surface area contributed by atoms with Crippen molar-refractivity contribution in [3.63, 3.8) is 0 Å². The SMILES string of the molecule is Cc1nn(CC(=O)N2CCNC(=O)[C@H]2c2cccc(F)c2)c(C)c1C. The van der Waals surface area contributed by atoms with Gasteiger partial charge in [0, 0.05) is 18.8 Å². The Balaban J connectivity index is 1.88. The Labute approximate surface area is 145 Å². The van der Waals surface area contributed by atoms with Crippen LogP contribution in [-0.4, -0.2) is 39.6 Å². The molecular formula is C18H21FN4O2. The van der Waals surface area contributed by atoms with Crippen molar-refractivity contribution in [3.05, 3.63) is 52.6 Å². The summed E-state index contributed by atoms with van der Waals surface area (Å²) in [6.45, 7) is 6.58. The first-order chi connectivity index (χ1) is 11.9. The molecule has 132 valence electrons. The van der Waals surface area contributed by atoms with Gasteiger partial charge in [-0.25, -0.2) is 4.39 Å². The summed E-state index contributed by atoms with van der Waals surface area (Å²) >= 11 is 0. The fourth-order valence-corrected chi connectivity index (χ4v) is 3.10. The van der Waals surface area contributed by atoms with E-state index in [1.807, 2.05) is 20.8 Å². The van der Waals surface area contributed by atoms with E-state index in [0.29, 0.717) is 18.7 Å². The van der Waals surface area contributed by atoms with Gasteiger partial charge in [0.05, 0.1) is 5.69 Å². The van der Waals surface area contributed by atoms with Crippen molar-refractivity contribution in [3.8, 4) is 0 Å². The maximum atomic E-state index is 13.6. The third-order valence-electron chi connectivity index (χ3n) is 4.73. The summed E-state index contributed by atoms with van der Waals surface area (Å²) in [4.78, 5) is 26.7. The van der Waals surface area contributed by atoms with Crippen molar-refractivity contribution in [2.45, 2.75) is 33.4 Å². The molecule has 0 saturated carbocycles. The van der Waals surface area contributed by atoms with Crippen molar-refractivity contribution in [2.75, 3.05) is 13.1 Å². The zero-order valence-electron chi connectivity index (χ0n) is 14.5. The van der Waals surface area contributed by atoms with E-state index in [4.69, 9.17) is 0 Å². The lowest BCUT2D eigenvalue weighted by molar-refractivity contribution is -0.144. The van der Waals surface area contributed by atoms with E-state index in [1.54, 1.807) is 16.8 Å². The number of hydrogen-bond acceptors (Lipinski definition) is 3. The summed E-state index contributed by atoms with van der Waals surface area (Å²) in [7, 11) is 0. The number of carbonyl (C=O) groups is 2. The number of amides is 2. The monoisotopic (exact) mass is 344 g/mol. The lowest BCUT2D eigenvalue weighted by atomic mass is 10.0. The molecule has 2 aromatic rings. The summed E-state index contributed by atoms with van der Waals surface area (Å²) < 4.78 is 15.2. The molecule has 0 bridgehead atoms. The van der Waals surface area contributed by atoms with Crippen LogP contribution in [-0.2, 0) is 16.1 Å². The number of carbonyl (C=O) groups excluding carboxylic acids is 2. The van der Waals surface area contributed by atoms with Gasteiger partial charge in [-0.3, -0.25) is 14.3 Å². The van der Waals surface area contributed by atoms with Gasteiger partial charge < -0.3 is 10.2 Å². The Morgan fingerprint density at radius 3 is 2.76 bits per heavy atom. The highest BCUT2D eigenvalue weighted by Crippen LogP contribution is 2.24. The van der Waals surface area contributed by atoms with Crippen LogP contribution in [0.4, 0.5) is 4.39 Å². The van der Waals surface area contributed by atoms with E-state index in [1.165, 1.54) is 17.0 Å². The Hall–Kier alpha value is -2.70.